The van der Waals surface area contributed by atoms with Crippen LogP contribution in [-0.4, -0.2) is 23.4 Å². The second-order valence-electron chi connectivity index (χ2n) is 3.19. The maximum absolute atomic E-state index is 12.1. The molecule has 2 rings (SSSR count). The molecule has 0 saturated carbocycles. The number of anilines is 2. The number of hydrogen-bond acceptors (Lipinski definition) is 7. The van der Waals surface area contributed by atoms with Gasteiger partial charge in [0.2, 0.25) is 5.95 Å². The molecule has 94 valence electrons. The summed E-state index contributed by atoms with van der Waals surface area (Å²) in [7, 11) is -3.84. The van der Waals surface area contributed by atoms with Crippen LogP contribution in [0.1, 0.15) is 0 Å². The molecular formula is C9H10N6O2S. The SMILES string of the molecule is NNc1ccncc1S(=O)(=O)Nc1ncccn1. The molecule has 2 heterocycles. The lowest BCUT2D eigenvalue weighted by Crippen LogP contribution is -2.18. The van der Waals surface area contributed by atoms with Gasteiger partial charge in [-0.1, -0.05) is 0 Å². The van der Waals surface area contributed by atoms with Gasteiger partial charge >= 0.3 is 0 Å². The topological polar surface area (TPSA) is 123 Å². The van der Waals surface area contributed by atoms with Gasteiger partial charge in [-0.15, -0.1) is 0 Å². The van der Waals surface area contributed by atoms with Crippen molar-refractivity contribution in [2.24, 2.45) is 5.84 Å². The van der Waals surface area contributed by atoms with Gasteiger partial charge in [-0.2, -0.15) is 0 Å². The van der Waals surface area contributed by atoms with Crippen LogP contribution >= 0.6 is 0 Å². The molecule has 2 aromatic rings. The van der Waals surface area contributed by atoms with E-state index in [0.717, 1.165) is 0 Å². The highest BCUT2D eigenvalue weighted by Crippen LogP contribution is 2.20. The van der Waals surface area contributed by atoms with E-state index in [1.165, 1.54) is 30.9 Å². The highest BCUT2D eigenvalue weighted by Gasteiger charge is 2.19. The predicted molar refractivity (Wildman–Crippen MR) is 64.9 cm³/mol. The summed E-state index contributed by atoms with van der Waals surface area (Å²) in [6.45, 7) is 0. The molecule has 4 N–H and O–H groups in total. The van der Waals surface area contributed by atoms with Gasteiger partial charge in [0.15, 0.2) is 0 Å². The molecule has 0 aliphatic rings. The molecule has 0 radical (unpaired) electrons. The van der Waals surface area contributed by atoms with Crippen LogP contribution < -0.4 is 16.0 Å². The number of rotatable bonds is 4. The molecule has 0 atom stereocenters. The second-order valence-corrected chi connectivity index (χ2v) is 4.84. The summed E-state index contributed by atoms with van der Waals surface area (Å²) in [5.74, 6) is 5.22. The number of hydrogen-bond donors (Lipinski definition) is 3. The van der Waals surface area contributed by atoms with Crippen LogP contribution in [0.15, 0.2) is 41.8 Å². The van der Waals surface area contributed by atoms with Gasteiger partial charge in [0, 0.05) is 24.8 Å². The number of hydrazine groups is 1. The summed E-state index contributed by atoms with van der Waals surface area (Å²) < 4.78 is 26.3. The van der Waals surface area contributed by atoms with E-state index in [1.54, 1.807) is 6.07 Å². The van der Waals surface area contributed by atoms with E-state index < -0.39 is 10.0 Å². The van der Waals surface area contributed by atoms with Crippen molar-refractivity contribution in [2.45, 2.75) is 4.90 Å². The molecule has 0 unspecified atom stereocenters. The molecular weight excluding hydrogens is 256 g/mol. The molecule has 0 aliphatic heterocycles. The highest BCUT2D eigenvalue weighted by molar-refractivity contribution is 7.92. The quantitative estimate of drug-likeness (QED) is 0.524. The minimum Gasteiger partial charge on any atom is -0.323 e. The lowest BCUT2D eigenvalue weighted by molar-refractivity contribution is 0.600. The summed E-state index contributed by atoms with van der Waals surface area (Å²) in [6, 6.07) is 3.02. The van der Waals surface area contributed by atoms with Crippen molar-refractivity contribution in [2.75, 3.05) is 10.1 Å². The van der Waals surface area contributed by atoms with E-state index >= 15 is 0 Å². The van der Waals surface area contributed by atoms with Crippen molar-refractivity contribution in [3.05, 3.63) is 36.9 Å². The molecule has 0 bridgehead atoms. The molecule has 0 saturated heterocycles. The zero-order valence-electron chi connectivity index (χ0n) is 9.11. The van der Waals surface area contributed by atoms with Crippen molar-refractivity contribution in [3.8, 4) is 0 Å². The van der Waals surface area contributed by atoms with Crippen LogP contribution in [0.25, 0.3) is 0 Å². The Bertz CT molecular complexity index is 631. The number of nitrogen functional groups attached to an aromatic ring is 1. The maximum Gasteiger partial charge on any atom is 0.267 e. The Hall–Kier alpha value is -2.26. The third kappa shape index (κ3) is 2.52. The Balaban J connectivity index is 2.37. The third-order valence-corrected chi connectivity index (χ3v) is 3.38. The molecule has 2 aromatic heterocycles. The number of nitrogens with one attached hydrogen (secondary N) is 2. The summed E-state index contributed by atoms with van der Waals surface area (Å²) in [6.07, 6.45) is 5.46. The van der Waals surface area contributed by atoms with Crippen LogP contribution in [0.2, 0.25) is 0 Å². The Kier molecular flexibility index (Phi) is 3.35. The van der Waals surface area contributed by atoms with Gasteiger partial charge in [0.1, 0.15) is 4.90 Å². The Morgan fingerprint density at radius 2 is 1.89 bits per heavy atom. The van der Waals surface area contributed by atoms with Crippen LogP contribution in [0, 0.1) is 0 Å². The van der Waals surface area contributed by atoms with Crippen molar-refractivity contribution < 1.29 is 8.42 Å². The average molecular weight is 266 g/mol. The first-order valence-electron chi connectivity index (χ1n) is 4.84. The van der Waals surface area contributed by atoms with E-state index in [4.69, 9.17) is 5.84 Å². The Morgan fingerprint density at radius 1 is 1.17 bits per heavy atom. The predicted octanol–water partition coefficient (Wildman–Crippen LogP) is -0.0420. The maximum atomic E-state index is 12.1. The number of nitrogens with two attached hydrogens (primary N) is 1. The fourth-order valence-electron chi connectivity index (χ4n) is 1.24. The van der Waals surface area contributed by atoms with Gasteiger partial charge in [-0.3, -0.25) is 10.8 Å². The smallest absolute Gasteiger partial charge is 0.267 e. The fourth-order valence-corrected chi connectivity index (χ4v) is 2.31. The first-order chi connectivity index (χ1) is 8.63. The molecule has 0 aromatic carbocycles. The highest BCUT2D eigenvalue weighted by atomic mass is 32.2. The molecule has 9 heteroatoms. The largest absolute Gasteiger partial charge is 0.323 e. The summed E-state index contributed by atoms with van der Waals surface area (Å²) in [5.41, 5.74) is 2.52. The first-order valence-corrected chi connectivity index (χ1v) is 6.32. The van der Waals surface area contributed by atoms with Crippen LogP contribution in [0.4, 0.5) is 11.6 Å². The lowest BCUT2D eigenvalue weighted by atomic mass is 10.4. The van der Waals surface area contributed by atoms with Crippen molar-refractivity contribution in [1.82, 2.24) is 15.0 Å². The van der Waals surface area contributed by atoms with E-state index in [2.05, 4.69) is 25.1 Å². The summed E-state index contributed by atoms with van der Waals surface area (Å²) >= 11 is 0. The lowest BCUT2D eigenvalue weighted by Gasteiger charge is -2.09. The van der Waals surface area contributed by atoms with Gasteiger partial charge in [0.25, 0.3) is 10.0 Å². The number of aromatic nitrogens is 3. The molecule has 0 aliphatic carbocycles. The second kappa shape index (κ2) is 4.94. The number of nitrogens with zero attached hydrogens (tertiary/aromatic N) is 3. The Morgan fingerprint density at radius 3 is 2.56 bits per heavy atom. The minimum atomic E-state index is -3.84. The number of pyridine rings is 1. The summed E-state index contributed by atoms with van der Waals surface area (Å²) in [4.78, 5) is 11.2. The summed E-state index contributed by atoms with van der Waals surface area (Å²) in [5, 5.41) is 0. The third-order valence-electron chi connectivity index (χ3n) is 2.02. The van der Waals surface area contributed by atoms with E-state index in [1.807, 2.05) is 0 Å². The minimum absolute atomic E-state index is 0.0238. The van der Waals surface area contributed by atoms with Gasteiger partial charge in [0.05, 0.1) is 5.69 Å². The van der Waals surface area contributed by atoms with Crippen LogP contribution in [0.3, 0.4) is 0 Å². The van der Waals surface area contributed by atoms with Crippen molar-refractivity contribution in [1.29, 1.82) is 0 Å². The molecule has 8 nitrogen and oxygen atoms in total. The van der Waals surface area contributed by atoms with Gasteiger partial charge in [-0.25, -0.2) is 23.1 Å². The van der Waals surface area contributed by atoms with Gasteiger partial charge < -0.3 is 5.43 Å². The molecule has 0 amide bonds. The fraction of sp³-hybridized carbons (Fsp3) is 0. The standard InChI is InChI=1S/C9H10N6O2S/c10-14-7-2-5-11-6-8(7)18(16,17)15-9-12-3-1-4-13-9/h1-6H,10H2,(H,11,14)(H,12,13,15). The molecule has 0 fully saturated rings. The van der Waals surface area contributed by atoms with E-state index in [9.17, 15) is 8.42 Å². The van der Waals surface area contributed by atoms with E-state index in [0.29, 0.717) is 0 Å². The molecule has 0 spiro atoms. The molecule has 18 heavy (non-hydrogen) atoms. The monoisotopic (exact) mass is 266 g/mol. The normalized spacial score (nSPS) is 10.9. The Labute approximate surface area is 103 Å². The van der Waals surface area contributed by atoms with Crippen molar-refractivity contribution >= 4 is 21.7 Å². The van der Waals surface area contributed by atoms with Crippen LogP contribution in [-0.2, 0) is 10.0 Å². The van der Waals surface area contributed by atoms with Gasteiger partial charge in [-0.05, 0) is 12.1 Å². The van der Waals surface area contributed by atoms with E-state index in [-0.39, 0.29) is 16.5 Å². The average Bonchev–Trinajstić information content (AvgIpc) is 2.39. The zero-order valence-corrected chi connectivity index (χ0v) is 9.92. The van der Waals surface area contributed by atoms with Crippen LogP contribution in [0.5, 0.6) is 0 Å². The zero-order chi connectivity index (χ0) is 13.0. The number of sulfonamides is 1. The van der Waals surface area contributed by atoms with Crippen molar-refractivity contribution in [3.63, 3.8) is 0 Å². The first kappa shape index (κ1) is 12.2.